The van der Waals surface area contributed by atoms with Crippen molar-refractivity contribution in [2.24, 2.45) is 5.92 Å². The lowest BCUT2D eigenvalue weighted by Gasteiger charge is -2.15. The van der Waals surface area contributed by atoms with Gasteiger partial charge < -0.3 is 20.1 Å². The zero-order valence-electron chi connectivity index (χ0n) is 12.6. The molecule has 1 aromatic carbocycles. The summed E-state index contributed by atoms with van der Waals surface area (Å²) in [6.45, 7) is -0.889. The number of carbonyl (C=O) groups excluding carboxylic acids is 1. The van der Waals surface area contributed by atoms with Gasteiger partial charge in [0, 0.05) is 24.2 Å². The topological polar surface area (TPSA) is 59.6 Å². The van der Waals surface area contributed by atoms with E-state index >= 15 is 0 Å². The van der Waals surface area contributed by atoms with Gasteiger partial charge in [0.2, 0.25) is 0 Å². The van der Waals surface area contributed by atoms with Crippen LogP contribution in [0.4, 0.5) is 13.6 Å². The molecule has 5 nitrogen and oxygen atoms in total. The summed E-state index contributed by atoms with van der Waals surface area (Å²) in [5, 5.41) is 5.48. The molecule has 1 aliphatic carbocycles. The van der Waals surface area contributed by atoms with Crippen LogP contribution >= 0.6 is 0 Å². The summed E-state index contributed by atoms with van der Waals surface area (Å²) < 4.78 is 34.3. The second kappa shape index (κ2) is 7.29. The molecule has 7 heteroatoms. The molecule has 1 atom stereocenters. The number of rotatable bonds is 7. The summed E-state index contributed by atoms with van der Waals surface area (Å²) in [7, 11) is 1.44. The molecule has 1 saturated carbocycles. The first kappa shape index (κ1) is 16.3. The van der Waals surface area contributed by atoms with Gasteiger partial charge in [-0.05, 0) is 37.8 Å². The molecule has 2 rings (SSSR count). The predicted molar refractivity (Wildman–Crippen MR) is 77.2 cm³/mol. The van der Waals surface area contributed by atoms with Crippen LogP contribution < -0.4 is 20.1 Å². The van der Waals surface area contributed by atoms with E-state index in [0.717, 1.165) is 12.8 Å². The van der Waals surface area contributed by atoms with Gasteiger partial charge in [-0.1, -0.05) is 0 Å². The minimum atomic E-state index is -2.94. The van der Waals surface area contributed by atoms with Gasteiger partial charge in [-0.3, -0.25) is 0 Å². The van der Waals surface area contributed by atoms with Crippen molar-refractivity contribution in [2.45, 2.75) is 39.0 Å². The fourth-order valence-electron chi connectivity index (χ4n) is 2.16. The van der Waals surface area contributed by atoms with Crippen molar-refractivity contribution in [1.82, 2.24) is 10.6 Å². The van der Waals surface area contributed by atoms with Crippen LogP contribution in [0.5, 0.6) is 11.5 Å². The molecule has 0 saturated heterocycles. The van der Waals surface area contributed by atoms with Crippen molar-refractivity contribution >= 4 is 6.03 Å². The van der Waals surface area contributed by atoms with Crippen LogP contribution in [0.25, 0.3) is 0 Å². The summed E-state index contributed by atoms with van der Waals surface area (Å²) in [4.78, 5) is 11.8. The minimum Gasteiger partial charge on any atom is -0.497 e. The lowest BCUT2D eigenvalue weighted by atomic mass is 10.2. The van der Waals surface area contributed by atoms with E-state index < -0.39 is 6.61 Å². The molecular formula is C15H20F2N2O3. The second-order valence-electron chi connectivity index (χ2n) is 5.31. The maximum Gasteiger partial charge on any atom is 0.387 e. The Kier molecular flexibility index (Phi) is 5.41. The van der Waals surface area contributed by atoms with Crippen molar-refractivity contribution in [3.8, 4) is 11.5 Å². The number of methoxy groups -OCH3 is 1. The molecular weight excluding hydrogens is 294 g/mol. The molecule has 1 unspecified atom stereocenters. The van der Waals surface area contributed by atoms with Crippen LogP contribution in [0, 0.1) is 5.92 Å². The van der Waals surface area contributed by atoms with E-state index in [1.54, 1.807) is 12.1 Å². The summed E-state index contributed by atoms with van der Waals surface area (Å²) in [6.07, 6.45) is 2.26. The SMILES string of the molecule is COc1ccc(CNC(=O)NC(C)C2CC2)c(OC(F)F)c1. The van der Waals surface area contributed by atoms with Crippen molar-refractivity contribution in [1.29, 1.82) is 0 Å². The lowest BCUT2D eigenvalue weighted by Crippen LogP contribution is -2.41. The maximum atomic E-state index is 12.4. The van der Waals surface area contributed by atoms with Gasteiger partial charge in [-0.25, -0.2) is 4.79 Å². The first-order chi connectivity index (χ1) is 10.5. The number of carbonyl (C=O) groups is 1. The molecule has 1 fully saturated rings. The zero-order valence-corrected chi connectivity index (χ0v) is 12.6. The molecule has 0 spiro atoms. The highest BCUT2D eigenvalue weighted by atomic mass is 19.3. The van der Waals surface area contributed by atoms with E-state index in [-0.39, 0.29) is 24.4 Å². The van der Waals surface area contributed by atoms with E-state index in [2.05, 4.69) is 15.4 Å². The lowest BCUT2D eigenvalue weighted by molar-refractivity contribution is -0.0505. The Bertz CT molecular complexity index is 522. The van der Waals surface area contributed by atoms with Crippen LogP contribution in [0.2, 0.25) is 0 Å². The summed E-state index contributed by atoms with van der Waals surface area (Å²) in [6, 6.07) is 4.38. The Morgan fingerprint density at radius 1 is 1.41 bits per heavy atom. The average Bonchev–Trinajstić information content (AvgIpc) is 3.29. The Morgan fingerprint density at radius 2 is 2.14 bits per heavy atom. The summed E-state index contributed by atoms with van der Waals surface area (Å²) in [5.74, 6) is 0.945. The zero-order chi connectivity index (χ0) is 16.1. The molecule has 0 aliphatic heterocycles. The number of hydrogen-bond acceptors (Lipinski definition) is 3. The minimum absolute atomic E-state index is 0.00936. The summed E-state index contributed by atoms with van der Waals surface area (Å²) >= 11 is 0. The van der Waals surface area contributed by atoms with Crippen LogP contribution in [0.3, 0.4) is 0 Å². The largest absolute Gasteiger partial charge is 0.497 e. The molecule has 22 heavy (non-hydrogen) atoms. The molecule has 1 aliphatic rings. The van der Waals surface area contributed by atoms with Crippen LogP contribution in [0.15, 0.2) is 18.2 Å². The summed E-state index contributed by atoms with van der Waals surface area (Å²) in [5.41, 5.74) is 0.454. The molecule has 0 heterocycles. The number of urea groups is 1. The van der Waals surface area contributed by atoms with Crippen molar-refractivity contribution in [3.63, 3.8) is 0 Å². The molecule has 2 N–H and O–H groups in total. The first-order valence-electron chi connectivity index (χ1n) is 7.15. The molecule has 1 aromatic rings. The average molecular weight is 314 g/mol. The van der Waals surface area contributed by atoms with Gasteiger partial charge in [0.15, 0.2) is 0 Å². The van der Waals surface area contributed by atoms with Crippen LogP contribution in [-0.4, -0.2) is 25.8 Å². The Morgan fingerprint density at radius 3 is 2.73 bits per heavy atom. The molecule has 122 valence electrons. The fraction of sp³-hybridized carbons (Fsp3) is 0.533. The highest BCUT2D eigenvalue weighted by molar-refractivity contribution is 5.74. The number of halogens is 2. The van der Waals surface area contributed by atoms with E-state index in [9.17, 15) is 13.6 Å². The van der Waals surface area contributed by atoms with E-state index in [4.69, 9.17) is 4.74 Å². The number of nitrogens with one attached hydrogen (secondary N) is 2. The van der Waals surface area contributed by atoms with Crippen LogP contribution in [0.1, 0.15) is 25.3 Å². The maximum absolute atomic E-state index is 12.4. The van der Waals surface area contributed by atoms with E-state index in [1.807, 2.05) is 6.92 Å². The van der Waals surface area contributed by atoms with E-state index in [0.29, 0.717) is 17.2 Å². The highest BCUT2D eigenvalue weighted by Gasteiger charge is 2.28. The fourth-order valence-corrected chi connectivity index (χ4v) is 2.16. The molecule has 0 aromatic heterocycles. The number of benzene rings is 1. The molecule has 0 bridgehead atoms. The number of hydrogen-bond donors (Lipinski definition) is 2. The molecule has 2 amide bonds. The quantitative estimate of drug-likeness (QED) is 0.813. The third-order valence-corrected chi connectivity index (χ3v) is 3.62. The van der Waals surface area contributed by atoms with E-state index in [1.165, 1.54) is 13.2 Å². The van der Waals surface area contributed by atoms with Crippen molar-refractivity contribution < 1.29 is 23.0 Å². The highest BCUT2D eigenvalue weighted by Crippen LogP contribution is 2.32. The smallest absolute Gasteiger partial charge is 0.387 e. The first-order valence-corrected chi connectivity index (χ1v) is 7.15. The third-order valence-electron chi connectivity index (χ3n) is 3.62. The monoisotopic (exact) mass is 314 g/mol. The normalized spacial score (nSPS) is 15.3. The second-order valence-corrected chi connectivity index (χ2v) is 5.31. The Hall–Kier alpha value is -2.05. The van der Waals surface area contributed by atoms with Gasteiger partial charge in [0.1, 0.15) is 11.5 Å². The standard InChI is InChI=1S/C15H20F2N2O3/c1-9(10-3-4-10)19-15(20)18-8-11-5-6-12(21-2)7-13(11)22-14(16)17/h5-7,9-10,14H,3-4,8H2,1-2H3,(H2,18,19,20). The van der Waals surface area contributed by atoms with Gasteiger partial charge in [0.05, 0.1) is 7.11 Å². The van der Waals surface area contributed by atoms with Gasteiger partial charge in [-0.2, -0.15) is 8.78 Å². The van der Waals surface area contributed by atoms with Crippen molar-refractivity contribution in [3.05, 3.63) is 23.8 Å². The third kappa shape index (κ3) is 4.75. The molecule has 0 radical (unpaired) electrons. The number of amides is 2. The van der Waals surface area contributed by atoms with Gasteiger partial charge >= 0.3 is 12.6 Å². The Labute approximate surface area is 128 Å². The van der Waals surface area contributed by atoms with Crippen LogP contribution in [-0.2, 0) is 6.54 Å². The number of alkyl halides is 2. The predicted octanol–water partition coefficient (Wildman–Crippen LogP) is 2.89. The van der Waals surface area contributed by atoms with Crippen molar-refractivity contribution in [2.75, 3.05) is 7.11 Å². The van der Waals surface area contributed by atoms with Gasteiger partial charge in [-0.15, -0.1) is 0 Å². The Balaban J connectivity index is 1.93. The van der Waals surface area contributed by atoms with Gasteiger partial charge in [0.25, 0.3) is 0 Å². The number of ether oxygens (including phenoxy) is 2.